The second-order valence-electron chi connectivity index (χ2n) is 3.72. The van der Waals surface area contributed by atoms with Gasteiger partial charge in [0.15, 0.2) is 11.5 Å². The summed E-state index contributed by atoms with van der Waals surface area (Å²) in [6.45, 7) is 0.508. The van der Waals surface area contributed by atoms with Gasteiger partial charge in [-0.2, -0.15) is 0 Å². The van der Waals surface area contributed by atoms with E-state index in [2.05, 4.69) is 5.32 Å². The lowest BCUT2D eigenvalue weighted by atomic mass is 10.2. The molecule has 0 aromatic heterocycles. The van der Waals surface area contributed by atoms with Crippen molar-refractivity contribution in [2.45, 2.75) is 6.42 Å². The molecule has 0 spiro atoms. The van der Waals surface area contributed by atoms with Gasteiger partial charge in [0.25, 0.3) is 5.91 Å². The first-order valence-electron chi connectivity index (χ1n) is 5.60. The van der Waals surface area contributed by atoms with E-state index in [0.29, 0.717) is 0 Å². The van der Waals surface area contributed by atoms with Crippen molar-refractivity contribution in [2.24, 2.45) is 0 Å². The number of ether oxygens (including phenoxy) is 1. The van der Waals surface area contributed by atoms with Crippen molar-refractivity contribution >= 4 is 11.9 Å². The smallest absolute Gasteiger partial charge is 0.305 e. The van der Waals surface area contributed by atoms with Crippen LogP contribution in [0.2, 0.25) is 0 Å². The fourth-order valence-electron chi connectivity index (χ4n) is 1.27. The fourth-order valence-corrected chi connectivity index (χ4v) is 1.27. The normalized spacial score (nSPS) is 10.1. The first kappa shape index (κ1) is 14.8. The molecule has 0 saturated carbocycles. The molecule has 0 atom stereocenters. The Labute approximate surface area is 109 Å². The second kappa shape index (κ2) is 7.22. The Morgan fingerprint density at radius 3 is 2.53 bits per heavy atom. The molecular weight excluding hydrogens is 254 g/mol. The molecule has 1 aromatic carbocycles. The highest BCUT2D eigenvalue weighted by Crippen LogP contribution is 2.24. The zero-order valence-corrected chi connectivity index (χ0v) is 10.1. The summed E-state index contributed by atoms with van der Waals surface area (Å²) in [6.07, 6.45) is -0.0836. The molecule has 1 aromatic rings. The lowest BCUT2D eigenvalue weighted by Gasteiger charge is -2.06. The quantitative estimate of drug-likeness (QED) is 0.418. The number of rotatable bonds is 7. The molecule has 0 saturated heterocycles. The standard InChI is InChI=1S/C12H15NO6/c14-9-2-1-8(7-10(9)15)12(18)13-4-6-19-5-3-11(16)17/h1-2,7,14-15H,3-6H2,(H,13,18)(H,16,17). The Morgan fingerprint density at radius 1 is 1.16 bits per heavy atom. The van der Waals surface area contributed by atoms with Gasteiger partial charge >= 0.3 is 5.97 Å². The first-order valence-corrected chi connectivity index (χ1v) is 5.60. The van der Waals surface area contributed by atoms with Crippen LogP contribution in [0.15, 0.2) is 18.2 Å². The van der Waals surface area contributed by atoms with E-state index in [1.807, 2.05) is 0 Å². The highest BCUT2D eigenvalue weighted by Gasteiger charge is 2.08. The molecule has 1 rings (SSSR count). The number of carbonyl (C=O) groups is 2. The number of hydrogen-bond donors (Lipinski definition) is 4. The van der Waals surface area contributed by atoms with Gasteiger partial charge in [-0.25, -0.2) is 0 Å². The number of amides is 1. The van der Waals surface area contributed by atoms with Gasteiger partial charge in [-0.15, -0.1) is 0 Å². The molecule has 7 nitrogen and oxygen atoms in total. The van der Waals surface area contributed by atoms with E-state index < -0.39 is 11.9 Å². The van der Waals surface area contributed by atoms with Crippen LogP contribution in [0.5, 0.6) is 11.5 Å². The van der Waals surface area contributed by atoms with Crippen molar-refractivity contribution in [3.63, 3.8) is 0 Å². The van der Waals surface area contributed by atoms with Crippen molar-refractivity contribution in [1.29, 1.82) is 0 Å². The highest BCUT2D eigenvalue weighted by molar-refractivity contribution is 5.94. The number of carboxylic acids is 1. The maximum atomic E-state index is 11.6. The lowest BCUT2D eigenvalue weighted by molar-refractivity contribution is -0.138. The molecule has 0 heterocycles. The molecule has 19 heavy (non-hydrogen) atoms. The molecule has 0 fully saturated rings. The SMILES string of the molecule is O=C(O)CCOCCNC(=O)c1ccc(O)c(O)c1. The van der Waals surface area contributed by atoms with Gasteiger partial charge in [0.1, 0.15) is 0 Å². The number of carboxylic acid groups (broad SMARTS) is 1. The van der Waals surface area contributed by atoms with E-state index in [9.17, 15) is 14.7 Å². The van der Waals surface area contributed by atoms with Gasteiger partial charge in [0.05, 0.1) is 19.6 Å². The van der Waals surface area contributed by atoms with Crippen LogP contribution in [0, 0.1) is 0 Å². The Hall–Kier alpha value is -2.28. The van der Waals surface area contributed by atoms with Gasteiger partial charge in [0, 0.05) is 12.1 Å². The maximum absolute atomic E-state index is 11.6. The molecule has 0 aliphatic heterocycles. The predicted octanol–water partition coefficient (Wildman–Crippen LogP) is 0.319. The Bertz CT molecular complexity index is 460. The summed E-state index contributed by atoms with van der Waals surface area (Å²) in [7, 11) is 0. The van der Waals surface area contributed by atoms with Gasteiger partial charge in [-0.05, 0) is 18.2 Å². The number of phenolic OH excluding ortho intramolecular Hbond substituents is 2. The lowest BCUT2D eigenvalue weighted by Crippen LogP contribution is -2.27. The molecule has 7 heteroatoms. The van der Waals surface area contributed by atoms with Gasteiger partial charge in [-0.3, -0.25) is 9.59 Å². The Kier molecular flexibility index (Phi) is 5.62. The average Bonchev–Trinajstić information content (AvgIpc) is 2.36. The summed E-state index contributed by atoms with van der Waals surface area (Å²) in [6, 6.07) is 3.74. The number of aromatic hydroxyl groups is 2. The van der Waals surface area contributed by atoms with Crippen LogP contribution in [-0.4, -0.2) is 47.0 Å². The largest absolute Gasteiger partial charge is 0.504 e. The van der Waals surface area contributed by atoms with E-state index in [1.165, 1.54) is 12.1 Å². The summed E-state index contributed by atoms with van der Waals surface area (Å²) in [5.41, 5.74) is 0.209. The summed E-state index contributed by atoms with van der Waals surface area (Å²) >= 11 is 0. The van der Waals surface area contributed by atoms with Gasteiger partial charge in [-0.1, -0.05) is 0 Å². The Morgan fingerprint density at radius 2 is 1.89 bits per heavy atom. The Balaban J connectivity index is 2.27. The third-order valence-corrected chi connectivity index (χ3v) is 2.23. The van der Waals surface area contributed by atoms with Crippen molar-refractivity contribution in [3.05, 3.63) is 23.8 Å². The second-order valence-corrected chi connectivity index (χ2v) is 3.72. The topological polar surface area (TPSA) is 116 Å². The van der Waals surface area contributed by atoms with Crippen LogP contribution < -0.4 is 5.32 Å². The minimum absolute atomic E-state index is 0.0836. The zero-order chi connectivity index (χ0) is 14.3. The van der Waals surface area contributed by atoms with Crippen molar-refractivity contribution < 1.29 is 29.6 Å². The number of phenols is 2. The number of nitrogens with one attached hydrogen (secondary N) is 1. The van der Waals surface area contributed by atoms with E-state index in [-0.39, 0.29) is 43.2 Å². The van der Waals surface area contributed by atoms with Gasteiger partial charge < -0.3 is 25.4 Å². The van der Waals surface area contributed by atoms with Crippen LogP contribution >= 0.6 is 0 Å². The monoisotopic (exact) mass is 269 g/mol. The van der Waals surface area contributed by atoms with Crippen molar-refractivity contribution in [2.75, 3.05) is 19.8 Å². The molecule has 4 N–H and O–H groups in total. The molecule has 0 bridgehead atoms. The number of aliphatic carboxylic acids is 1. The third kappa shape index (κ3) is 5.26. The maximum Gasteiger partial charge on any atom is 0.305 e. The number of benzene rings is 1. The molecule has 1 amide bonds. The molecule has 0 aliphatic carbocycles. The van der Waals surface area contributed by atoms with Crippen LogP contribution in [0.1, 0.15) is 16.8 Å². The number of hydrogen-bond acceptors (Lipinski definition) is 5. The van der Waals surface area contributed by atoms with Gasteiger partial charge in [0.2, 0.25) is 0 Å². The molecule has 0 unspecified atom stereocenters. The van der Waals surface area contributed by atoms with Crippen molar-refractivity contribution in [1.82, 2.24) is 5.32 Å². The van der Waals surface area contributed by atoms with Crippen LogP contribution in [0.3, 0.4) is 0 Å². The molecule has 104 valence electrons. The first-order chi connectivity index (χ1) is 9.00. The van der Waals surface area contributed by atoms with Crippen LogP contribution in [0.4, 0.5) is 0 Å². The predicted molar refractivity (Wildman–Crippen MR) is 65.2 cm³/mol. The molecular formula is C12H15NO6. The zero-order valence-electron chi connectivity index (χ0n) is 10.1. The van der Waals surface area contributed by atoms with Crippen LogP contribution in [0.25, 0.3) is 0 Å². The van der Waals surface area contributed by atoms with E-state index >= 15 is 0 Å². The fraction of sp³-hybridized carbons (Fsp3) is 0.333. The van der Waals surface area contributed by atoms with Crippen molar-refractivity contribution in [3.8, 4) is 11.5 Å². The third-order valence-electron chi connectivity index (χ3n) is 2.23. The molecule has 0 aliphatic rings. The van der Waals surface area contributed by atoms with E-state index in [1.54, 1.807) is 0 Å². The summed E-state index contributed by atoms with van der Waals surface area (Å²) in [5, 5.41) is 29.2. The minimum Gasteiger partial charge on any atom is -0.504 e. The molecule has 0 radical (unpaired) electrons. The highest BCUT2D eigenvalue weighted by atomic mass is 16.5. The van der Waals surface area contributed by atoms with Crippen LogP contribution in [-0.2, 0) is 9.53 Å². The summed E-state index contributed by atoms with van der Waals surface area (Å²) < 4.78 is 4.99. The minimum atomic E-state index is -0.941. The summed E-state index contributed by atoms with van der Waals surface area (Å²) in [5.74, 6) is -2.03. The number of carbonyl (C=O) groups excluding carboxylic acids is 1. The van der Waals surface area contributed by atoms with E-state index in [4.69, 9.17) is 14.9 Å². The average molecular weight is 269 g/mol. The summed E-state index contributed by atoms with van der Waals surface area (Å²) in [4.78, 5) is 21.8. The van der Waals surface area contributed by atoms with E-state index in [0.717, 1.165) is 6.07 Å².